The lowest BCUT2D eigenvalue weighted by Gasteiger charge is -2.25. The van der Waals surface area contributed by atoms with Crippen molar-refractivity contribution < 1.29 is 14.7 Å². The van der Waals surface area contributed by atoms with Crippen molar-refractivity contribution in [2.45, 2.75) is 33.2 Å². The van der Waals surface area contributed by atoms with Crippen LogP contribution in [0.25, 0.3) is 0 Å². The summed E-state index contributed by atoms with van der Waals surface area (Å²) in [6, 6.07) is 3.55. The second-order valence-corrected chi connectivity index (χ2v) is 4.45. The van der Waals surface area contributed by atoms with Crippen LogP contribution in [0.4, 0.5) is 0 Å². The summed E-state index contributed by atoms with van der Waals surface area (Å²) < 4.78 is 0. The number of amides is 1. The van der Waals surface area contributed by atoms with E-state index >= 15 is 0 Å². The summed E-state index contributed by atoms with van der Waals surface area (Å²) >= 11 is 0. The highest BCUT2D eigenvalue weighted by molar-refractivity contribution is 5.83. The molecule has 5 nitrogen and oxygen atoms in total. The Kier molecular flexibility index (Phi) is 4.83. The van der Waals surface area contributed by atoms with Crippen molar-refractivity contribution in [1.82, 2.24) is 9.88 Å². The zero-order valence-corrected chi connectivity index (χ0v) is 10.9. The Hall–Kier alpha value is -1.91. The van der Waals surface area contributed by atoms with Crippen LogP contribution in [0.15, 0.2) is 18.3 Å². The fourth-order valence-electron chi connectivity index (χ4n) is 1.65. The van der Waals surface area contributed by atoms with Gasteiger partial charge in [-0.1, -0.05) is 6.07 Å². The zero-order valence-electron chi connectivity index (χ0n) is 10.9. The first-order valence-electron chi connectivity index (χ1n) is 5.83. The molecule has 1 aromatic heterocycles. The van der Waals surface area contributed by atoms with Gasteiger partial charge in [0.1, 0.15) is 6.54 Å². The largest absolute Gasteiger partial charge is 0.480 e. The molecule has 0 saturated carbocycles. The van der Waals surface area contributed by atoms with E-state index in [0.29, 0.717) is 5.69 Å². The zero-order chi connectivity index (χ0) is 13.7. The number of aromatic nitrogens is 1. The molecule has 1 heterocycles. The standard InChI is InChI=1S/C13H18N2O3/c1-9(2)15(8-13(17)18)12(16)7-11-10(3)5-4-6-14-11/h4-6,9H,7-8H2,1-3H3,(H,17,18). The predicted octanol–water partition coefficient (Wildman–Crippen LogP) is 1.25. The fourth-order valence-corrected chi connectivity index (χ4v) is 1.65. The molecular formula is C13H18N2O3. The molecule has 0 fully saturated rings. The van der Waals surface area contributed by atoms with Gasteiger partial charge in [-0.2, -0.15) is 0 Å². The van der Waals surface area contributed by atoms with Gasteiger partial charge in [-0.25, -0.2) is 0 Å². The van der Waals surface area contributed by atoms with E-state index in [2.05, 4.69) is 4.98 Å². The first-order valence-corrected chi connectivity index (χ1v) is 5.83. The maximum atomic E-state index is 12.1. The number of hydrogen-bond acceptors (Lipinski definition) is 3. The van der Waals surface area contributed by atoms with E-state index in [-0.39, 0.29) is 24.9 Å². The van der Waals surface area contributed by atoms with Crippen LogP contribution >= 0.6 is 0 Å². The van der Waals surface area contributed by atoms with Gasteiger partial charge >= 0.3 is 5.97 Å². The summed E-state index contributed by atoms with van der Waals surface area (Å²) in [7, 11) is 0. The van der Waals surface area contributed by atoms with Gasteiger partial charge in [0.25, 0.3) is 0 Å². The maximum Gasteiger partial charge on any atom is 0.323 e. The first-order chi connectivity index (χ1) is 8.41. The quantitative estimate of drug-likeness (QED) is 0.854. The van der Waals surface area contributed by atoms with Crippen LogP contribution in [0, 0.1) is 6.92 Å². The Labute approximate surface area is 106 Å². The third-order valence-corrected chi connectivity index (χ3v) is 2.69. The lowest BCUT2D eigenvalue weighted by Crippen LogP contribution is -2.41. The number of aliphatic carboxylic acids is 1. The van der Waals surface area contributed by atoms with E-state index in [0.717, 1.165) is 5.56 Å². The van der Waals surface area contributed by atoms with Gasteiger partial charge in [0.05, 0.1) is 12.1 Å². The van der Waals surface area contributed by atoms with E-state index < -0.39 is 5.97 Å². The van der Waals surface area contributed by atoms with Gasteiger partial charge in [0, 0.05) is 12.2 Å². The molecule has 0 aromatic carbocycles. The molecule has 0 atom stereocenters. The van der Waals surface area contributed by atoms with Crippen LogP contribution in [-0.2, 0) is 16.0 Å². The minimum absolute atomic E-state index is 0.137. The van der Waals surface area contributed by atoms with Crippen molar-refractivity contribution in [3.05, 3.63) is 29.6 Å². The minimum atomic E-state index is -1.00. The Bertz CT molecular complexity index is 444. The smallest absolute Gasteiger partial charge is 0.323 e. The summed E-state index contributed by atoms with van der Waals surface area (Å²) in [5, 5.41) is 8.79. The lowest BCUT2D eigenvalue weighted by molar-refractivity contribution is -0.145. The number of carboxylic acids is 1. The number of pyridine rings is 1. The molecule has 5 heteroatoms. The van der Waals surface area contributed by atoms with Crippen molar-refractivity contribution in [3.63, 3.8) is 0 Å². The summed E-state index contributed by atoms with van der Waals surface area (Å²) in [6.07, 6.45) is 1.77. The Morgan fingerprint density at radius 3 is 2.61 bits per heavy atom. The molecular weight excluding hydrogens is 232 g/mol. The maximum absolute atomic E-state index is 12.1. The van der Waals surface area contributed by atoms with Gasteiger partial charge in [-0.15, -0.1) is 0 Å². The summed E-state index contributed by atoms with van der Waals surface area (Å²) in [5.41, 5.74) is 1.63. The number of hydrogen-bond donors (Lipinski definition) is 1. The number of aryl methyl sites for hydroxylation is 1. The minimum Gasteiger partial charge on any atom is -0.480 e. The Morgan fingerprint density at radius 1 is 1.44 bits per heavy atom. The van der Waals surface area contributed by atoms with E-state index in [1.807, 2.05) is 13.0 Å². The van der Waals surface area contributed by atoms with Gasteiger partial charge in [-0.3, -0.25) is 14.6 Å². The first kappa shape index (κ1) is 14.2. The highest BCUT2D eigenvalue weighted by Crippen LogP contribution is 2.08. The Balaban J connectivity index is 2.79. The van der Waals surface area contributed by atoms with Crippen molar-refractivity contribution in [2.75, 3.05) is 6.54 Å². The number of carbonyl (C=O) groups excluding carboxylic acids is 1. The molecule has 1 N–H and O–H groups in total. The van der Waals surface area contributed by atoms with Crippen molar-refractivity contribution in [2.24, 2.45) is 0 Å². The second kappa shape index (κ2) is 6.14. The van der Waals surface area contributed by atoms with Gasteiger partial charge in [0.2, 0.25) is 5.91 Å². The SMILES string of the molecule is Cc1cccnc1CC(=O)N(CC(=O)O)C(C)C. The molecule has 1 aromatic rings. The molecule has 1 rings (SSSR count). The average molecular weight is 250 g/mol. The van der Waals surface area contributed by atoms with Gasteiger partial charge in [-0.05, 0) is 32.4 Å². The topological polar surface area (TPSA) is 70.5 Å². The lowest BCUT2D eigenvalue weighted by atomic mass is 10.1. The third-order valence-electron chi connectivity index (χ3n) is 2.69. The normalized spacial score (nSPS) is 10.4. The molecule has 98 valence electrons. The summed E-state index contributed by atoms with van der Waals surface area (Å²) in [6.45, 7) is 5.20. The molecule has 0 saturated heterocycles. The fraction of sp³-hybridized carbons (Fsp3) is 0.462. The van der Waals surface area contributed by atoms with Crippen LogP contribution < -0.4 is 0 Å². The molecule has 0 aliphatic rings. The van der Waals surface area contributed by atoms with E-state index in [4.69, 9.17) is 5.11 Å². The monoisotopic (exact) mass is 250 g/mol. The van der Waals surface area contributed by atoms with Crippen LogP contribution in [0.5, 0.6) is 0 Å². The van der Waals surface area contributed by atoms with Crippen molar-refractivity contribution >= 4 is 11.9 Å². The predicted molar refractivity (Wildman–Crippen MR) is 67.2 cm³/mol. The molecule has 1 amide bonds. The van der Waals surface area contributed by atoms with Gasteiger partial charge < -0.3 is 10.0 Å². The average Bonchev–Trinajstić information content (AvgIpc) is 2.28. The highest BCUT2D eigenvalue weighted by atomic mass is 16.4. The molecule has 0 bridgehead atoms. The molecule has 0 aliphatic carbocycles. The van der Waals surface area contributed by atoms with Crippen LogP contribution in [0.3, 0.4) is 0 Å². The van der Waals surface area contributed by atoms with Crippen molar-refractivity contribution in [3.8, 4) is 0 Å². The molecule has 0 aliphatic heterocycles. The van der Waals surface area contributed by atoms with E-state index in [1.165, 1.54) is 4.90 Å². The number of carbonyl (C=O) groups is 2. The van der Waals surface area contributed by atoms with E-state index in [1.54, 1.807) is 26.1 Å². The number of rotatable bonds is 5. The number of nitrogens with zero attached hydrogens (tertiary/aromatic N) is 2. The van der Waals surface area contributed by atoms with E-state index in [9.17, 15) is 9.59 Å². The van der Waals surface area contributed by atoms with Crippen LogP contribution in [0.2, 0.25) is 0 Å². The molecule has 0 radical (unpaired) electrons. The Morgan fingerprint density at radius 2 is 2.11 bits per heavy atom. The molecule has 0 spiro atoms. The van der Waals surface area contributed by atoms with Crippen molar-refractivity contribution in [1.29, 1.82) is 0 Å². The van der Waals surface area contributed by atoms with Gasteiger partial charge in [0.15, 0.2) is 0 Å². The van der Waals surface area contributed by atoms with Crippen LogP contribution in [-0.4, -0.2) is 39.5 Å². The highest BCUT2D eigenvalue weighted by Gasteiger charge is 2.20. The molecule has 0 unspecified atom stereocenters. The molecule has 18 heavy (non-hydrogen) atoms. The summed E-state index contributed by atoms with van der Waals surface area (Å²) in [5.74, 6) is -1.22. The third kappa shape index (κ3) is 3.84. The number of carboxylic acid groups (broad SMARTS) is 1. The summed E-state index contributed by atoms with van der Waals surface area (Å²) in [4.78, 5) is 28.3. The van der Waals surface area contributed by atoms with Crippen LogP contribution in [0.1, 0.15) is 25.1 Å². The second-order valence-electron chi connectivity index (χ2n) is 4.45.